The highest BCUT2D eigenvalue weighted by molar-refractivity contribution is 7.92. The highest BCUT2D eigenvalue weighted by Gasteiger charge is 2.32. The fraction of sp³-hybridized carbons (Fsp3) is 0.333. The van der Waals surface area contributed by atoms with Crippen LogP contribution >= 0.6 is 23.2 Å². The van der Waals surface area contributed by atoms with Crippen molar-refractivity contribution in [2.75, 3.05) is 24.0 Å². The Balaban J connectivity index is 2.01. The number of rotatable bonds is 13. The minimum atomic E-state index is -4.15. The van der Waals surface area contributed by atoms with Gasteiger partial charge in [0, 0.05) is 13.1 Å². The van der Waals surface area contributed by atoms with Gasteiger partial charge in [-0.2, -0.15) is 0 Å². The molecule has 0 saturated heterocycles. The fourth-order valence-corrected chi connectivity index (χ4v) is 5.75. The predicted molar refractivity (Wildman–Crippen MR) is 163 cm³/mol. The van der Waals surface area contributed by atoms with E-state index < -0.39 is 28.5 Å². The second-order valence-corrected chi connectivity index (χ2v) is 12.5. The van der Waals surface area contributed by atoms with Crippen molar-refractivity contribution in [3.63, 3.8) is 0 Å². The Hall–Kier alpha value is -3.27. The van der Waals surface area contributed by atoms with Crippen LogP contribution in [0.25, 0.3) is 0 Å². The van der Waals surface area contributed by atoms with E-state index >= 15 is 0 Å². The predicted octanol–water partition coefficient (Wildman–Crippen LogP) is 5.78. The van der Waals surface area contributed by atoms with E-state index in [1.807, 2.05) is 20.8 Å². The van der Waals surface area contributed by atoms with E-state index in [2.05, 4.69) is 5.32 Å². The standard InChI is InChI=1S/C30H35Cl2N3O5S/c1-5-40-25-14-12-24(13-15-25)35(41(38,39)26-9-7-6-8-10-26)20-29(36)34(22(4)30(37)33-18-21(2)3)19-23-11-16-27(31)28(32)17-23/h6-17,21-22H,5,18-20H2,1-4H3,(H,33,37)/t22-/m0/s1. The van der Waals surface area contributed by atoms with Gasteiger partial charge < -0.3 is 15.0 Å². The number of carbonyl (C=O) groups excluding carboxylic acids is 2. The van der Waals surface area contributed by atoms with Gasteiger partial charge in [-0.3, -0.25) is 13.9 Å². The lowest BCUT2D eigenvalue weighted by atomic mass is 10.1. The van der Waals surface area contributed by atoms with Gasteiger partial charge in [-0.1, -0.05) is 61.3 Å². The van der Waals surface area contributed by atoms with Crippen molar-refractivity contribution in [2.45, 2.75) is 45.2 Å². The number of sulfonamides is 1. The molecular formula is C30H35Cl2N3O5S. The SMILES string of the molecule is CCOc1ccc(N(CC(=O)N(Cc2ccc(Cl)c(Cl)c2)[C@@H](C)C(=O)NCC(C)C)S(=O)(=O)c2ccccc2)cc1. The monoisotopic (exact) mass is 619 g/mol. The molecule has 11 heteroatoms. The molecule has 0 saturated carbocycles. The summed E-state index contributed by atoms with van der Waals surface area (Å²) in [5, 5.41) is 3.51. The number of ether oxygens (including phenoxy) is 1. The minimum Gasteiger partial charge on any atom is -0.494 e. The molecule has 1 atom stereocenters. The average Bonchev–Trinajstić information content (AvgIpc) is 2.95. The van der Waals surface area contributed by atoms with E-state index in [0.717, 1.165) is 4.31 Å². The summed E-state index contributed by atoms with van der Waals surface area (Å²) in [7, 11) is -4.15. The zero-order chi connectivity index (χ0) is 30.2. The van der Waals surface area contributed by atoms with Crippen LogP contribution in [0.15, 0.2) is 77.7 Å². The normalized spacial score (nSPS) is 12.1. The molecule has 8 nitrogen and oxygen atoms in total. The van der Waals surface area contributed by atoms with Gasteiger partial charge in [-0.15, -0.1) is 0 Å². The van der Waals surface area contributed by atoms with Crippen molar-refractivity contribution < 1.29 is 22.7 Å². The molecule has 0 radical (unpaired) electrons. The molecule has 3 aromatic carbocycles. The van der Waals surface area contributed by atoms with E-state index in [-0.39, 0.29) is 29.0 Å². The highest BCUT2D eigenvalue weighted by Crippen LogP contribution is 2.27. The molecule has 1 N–H and O–H groups in total. The number of halogens is 2. The molecule has 0 spiro atoms. The molecule has 0 aliphatic rings. The lowest BCUT2D eigenvalue weighted by Gasteiger charge is -2.32. The van der Waals surface area contributed by atoms with Gasteiger partial charge in [-0.05, 0) is 73.9 Å². The highest BCUT2D eigenvalue weighted by atomic mass is 35.5. The van der Waals surface area contributed by atoms with Gasteiger partial charge >= 0.3 is 0 Å². The summed E-state index contributed by atoms with van der Waals surface area (Å²) in [4.78, 5) is 28.4. The zero-order valence-corrected chi connectivity index (χ0v) is 25.8. The maximum absolute atomic E-state index is 14.0. The molecule has 0 bridgehead atoms. The van der Waals surface area contributed by atoms with Gasteiger partial charge in [0.25, 0.3) is 10.0 Å². The lowest BCUT2D eigenvalue weighted by molar-refractivity contribution is -0.139. The van der Waals surface area contributed by atoms with Crippen LogP contribution in [0.5, 0.6) is 5.75 Å². The molecular weight excluding hydrogens is 585 g/mol. The van der Waals surface area contributed by atoms with Gasteiger partial charge in [0.1, 0.15) is 18.3 Å². The second-order valence-electron chi connectivity index (χ2n) is 9.84. The third-order valence-corrected chi connectivity index (χ3v) is 8.76. The molecule has 0 fully saturated rings. The third kappa shape index (κ3) is 8.61. The topological polar surface area (TPSA) is 96.0 Å². The first-order valence-corrected chi connectivity index (χ1v) is 15.4. The van der Waals surface area contributed by atoms with Crippen LogP contribution < -0.4 is 14.4 Å². The lowest BCUT2D eigenvalue weighted by Crippen LogP contribution is -2.51. The molecule has 41 heavy (non-hydrogen) atoms. The van der Waals surface area contributed by atoms with Gasteiger partial charge in [-0.25, -0.2) is 8.42 Å². The first kappa shape index (κ1) is 32.2. The van der Waals surface area contributed by atoms with Crippen LogP contribution in [0.4, 0.5) is 5.69 Å². The quantitative estimate of drug-likeness (QED) is 0.262. The van der Waals surface area contributed by atoms with Crippen molar-refractivity contribution in [3.8, 4) is 5.75 Å². The number of nitrogens with one attached hydrogen (secondary N) is 1. The van der Waals surface area contributed by atoms with Crippen LogP contribution in [0, 0.1) is 5.92 Å². The molecule has 0 unspecified atom stereocenters. The van der Waals surface area contributed by atoms with Crippen molar-refractivity contribution in [1.29, 1.82) is 0 Å². The van der Waals surface area contributed by atoms with Crippen LogP contribution in [-0.2, 0) is 26.2 Å². The molecule has 0 aliphatic carbocycles. The van der Waals surface area contributed by atoms with E-state index in [4.69, 9.17) is 27.9 Å². The molecule has 0 aliphatic heterocycles. The Bertz CT molecular complexity index is 1430. The largest absolute Gasteiger partial charge is 0.494 e. The zero-order valence-electron chi connectivity index (χ0n) is 23.5. The fourth-order valence-electron chi connectivity index (χ4n) is 3.99. The Morgan fingerprint density at radius 2 is 1.59 bits per heavy atom. The van der Waals surface area contributed by atoms with Crippen LogP contribution in [0.3, 0.4) is 0 Å². The third-order valence-electron chi connectivity index (χ3n) is 6.23. The summed E-state index contributed by atoms with van der Waals surface area (Å²) in [6.07, 6.45) is 0. The first-order chi connectivity index (χ1) is 19.4. The summed E-state index contributed by atoms with van der Waals surface area (Å²) < 4.78 is 34.2. The number of hydrogen-bond acceptors (Lipinski definition) is 5. The summed E-state index contributed by atoms with van der Waals surface area (Å²) in [5.41, 5.74) is 0.909. The molecule has 3 rings (SSSR count). The van der Waals surface area contributed by atoms with E-state index in [0.29, 0.717) is 34.5 Å². The van der Waals surface area contributed by atoms with E-state index in [1.165, 1.54) is 17.0 Å². The Morgan fingerprint density at radius 1 is 0.927 bits per heavy atom. The van der Waals surface area contributed by atoms with Crippen LogP contribution in [0.1, 0.15) is 33.3 Å². The van der Waals surface area contributed by atoms with Gasteiger partial charge in [0.15, 0.2) is 0 Å². The summed E-state index contributed by atoms with van der Waals surface area (Å²) in [6.45, 7) is 7.73. The number of hydrogen-bond donors (Lipinski definition) is 1. The van der Waals surface area contributed by atoms with Gasteiger partial charge in [0.05, 0.1) is 27.2 Å². The van der Waals surface area contributed by atoms with Crippen molar-refractivity contribution in [1.82, 2.24) is 10.2 Å². The van der Waals surface area contributed by atoms with Crippen molar-refractivity contribution in [2.24, 2.45) is 5.92 Å². The van der Waals surface area contributed by atoms with Crippen molar-refractivity contribution >= 4 is 50.7 Å². The Morgan fingerprint density at radius 3 is 2.17 bits per heavy atom. The number of nitrogens with zero attached hydrogens (tertiary/aromatic N) is 2. The number of amides is 2. The smallest absolute Gasteiger partial charge is 0.264 e. The molecule has 0 heterocycles. The first-order valence-electron chi connectivity index (χ1n) is 13.3. The maximum Gasteiger partial charge on any atom is 0.264 e. The molecule has 220 valence electrons. The van der Waals surface area contributed by atoms with Crippen LogP contribution in [0.2, 0.25) is 10.0 Å². The maximum atomic E-state index is 14.0. The summed E-state index contributed by atoms with van der Waals surface area (Å²) in [6, 6.07) is 18.4. The van der Waals surface area contributed by atoms with E-state index in [1.54, 1.807) is 67.6 Å². The summed E-state index contributed by atoms with van der Waals surface area (Å²) in [5.74, 6) is -0.157. The molecule has 3 aromatic rings. The van der Waals surface area contributed by atoms with Gasteiger partial charge in [0.2, 0.25) is 11.8 Å². The van der Waals surface area contributed by atoms with Crippen LogP contribution in [-0.4, -0.2) is 50.9 Å². The van der Waals surface area contributed by atoms with E-state index in [9.17, 15) is 18.0 Å². The average molecular weight is 621 g/mol. The Kier molecular flexibility index (Phi) is 11.5. The van der Waals surface area contributed by atoms with Crippen molar-refractivity contribution in [3.05, 3.63) is 88.4 Å². The molecule has 2 amide bonds. The second kappa shape index (κ2) is 14.6. The minimum absolute atomic E-state index is 0.00842. The number of anilines is 1. The summed E-state index contributed by atoms with van der Waals surface area (Å²) >= 11 is 12.3. The number of benzene rings is 3. The Labute approximate surface area is 252 Å². The molecule has 0 aromatic heterocycles. The number of carbonyl (C=O) groups is 2.